The van der Waals surface area contributed by atoms with E-state index in [1.807, 2.05) is 5.32 Å². The first-order valence-electron chi connectivity index (χ1n) is 3.16. The summed E-state index contributed by atoms with van der Waals surface area (Å²) in [7, 11) is 1.38. The molecule has 7 heteroatoms. The quantitative estimate of drug-likeness (QED) is 0.405. The average molecular weight is 172 g/mol. The zero-order valence-electron chi connectivity index (χ0n) is 6.33. The summed E-state index contributed by atoms with van der Waals surface area (Å²) in [6.07, 6.45) is -0.991. The standard InChI is InChI=1S/C5H8N4O3/c1-9-2(7-4(6)11)3(10)8-5(9)12/h2H,1H3,(H3,6,7,11)(H,8,10,12). The molecule has 0 aliphatic carbocycles. The summed E-state index contributed by atoms with van der Waals surface area (Å²) in [4.78, 5) is 33.1. The molecule has 1 saturated heterocycles. The van der Waals surface area contributed by atoms with Crippen molar-refractivity contribution in [3.8, 4) is 0 Å². The van der Waals surface area contributed by atoms with Gasteiger partial charge in [-0.05, 0) is 0 Å². The highest BCUT2D eigenvalue weighted by atomic mass is 16.2. The third-order valence-corrected chi connectivity index (χ3v) is 1.47. The molecule has 1 aliphatic heterocycles. The van der Waals surface area contributed by atoms with Gasteiger partial charge in [0.2, 0.25) is 0 Å². The number of likely N-dealkylation sites (N-methyl/N-ethyl adjacent to an activating group) is 1. The maximum Gasteiger partial charge on any atom is 0.325 e. The van der Waals surface area contributed by atoms with E-state index in [-0.39, 0.29) is 0 Å². The van der Waals surface area contributed by atoms with Gasteiger partial charge in [-0.2, -0.15) is 0 Å². The fourth-order valence-electron chi connectivity index (χ4n) is 0.852. The van der Waals surface area contributed by atoms with Crippen LogP contribution in [0.4, 0.5) is 9.59 Å². The molecule has 0 aromatic heterocycles. The van der Waals surface area contributed by atoms with Crippen molar-refractivity contribution in [2.24, 2.45) is 5.73 Å². The number of hydrogen-bond acceptors (Lipinski definition) is 3. The molecule has 0 aromatic carbocycles. The maximum atomic E-state index is 10.9. The monoisotopic (exact) mass is 172 g/mol. The second-order valence-corrected chi connectivity index (χ2v) is 2.32. The molecule has 66 valence electrons. The zero-order chi connectivity index (χ0) is 9.30. The molecule has 1 fully saturated rings. The number of carbonyl (C=O) groups is 3. The number of primary amides is 1. The Morgan fingerprint density at radius 1 is 1.67 bits per heavy atom. The van der Waals surface area contributed by atoms with E-state index in [9.17, 15) is 14.4 Å². The minimum atomic E-state index is -0.991. The molecule has 0 bridgehead atoms. The Bertz CT molecular complexity index is 251. The summed E-state index contributed by atoms with van der Waals surface area (Å²) < 4.78 is 0. The topological polar surface area (TPSA) is 105 Å². The molecule has 1 heterocycles. The van der Waals surface area contributed by atoms with E-state index in [1.165, 1.54) is 7.05 Å². The predicted octanol–water partition coefficient (Wildman–Crippen LogP) is -1.84. The maximum absolute atomic E-state index is 10.9. The molecule has 1 atom stereocenters. The van der Waals surface area contributed by atoms with E-state index >= 15 is 0 Å². The van der Waals surface area contributed by atoms with Crippen molar-refractivity contribution >= 4 is 18.0 Å². The fraction of sp³-hybridized carbons (Fsp3) is 0.400. The first kappa shape index (κ1) is 8.31. The lowest BCUT2D eigenvalue weighted by Gasteiger charge is -2.15. The van der Waals surface area contributed by atoms with E-state index in [4.69, 9.17) is 5.73 Å². The van der Waals surface area contributed by atoms with Crippen LogP contribution in [-0.2, 0) is 4.79 Å². The zero-order valence-corrected chi connectivity index (χ0v) is 6.33. The Balaban J connectivity index is 2.70. The number of amides is 5. The molecule has 1 rings (SSSR count). The number of nitrogens with two attached hydrogens (primary N) is 1. The van der Waals surface area contributed by atoms with Crippen LogP contribution in [0, 0.1) is 0 Å². The number of hydrogen-bond donors (Lipinski definition) is 3. The van der Waals surface area contributed by atoms with E-state index in [0.717, 1.165) is 4.90 Å². The number of nitrogens with zero attached hydrogens (tertiary/aromatic N) is 1. The summed E-state index contributed by atoms with van der Waals surface area (Å²) in [5, 5.41) is 4.10. The largest absolute Gasteiger partial charge is 0.352 e. The Kier molecular flexibility index (Phi) is 1.86. The third-order valence-electron chi connectivity index (χ3n) is 1.47. The average Bonchev–Trinajstić information content (AvgIpc) is 2.16. The lowest BCUT2D eigenvalue weighted by Crippen LogP contribution is -2.49. The van der Waals surface area contributed by atoms with Crippen LogP contribution < -0.4 is 16.4 Å². The van der Waals surface area contributed by atoms with Crippen LogP contribution in [0.1, 0.15) is 0 Å². The lowest BCUT2D eigenvalue weighted by molar-refractivity contribution is -0.121. The van der Waals surface area contributed by atoms with Gasteiger partial charge in [-0.15, -0.1) is 0 Å². The molecule has 4 N–H and O–H groups in total. The van der Waals surface area contributed by atoms with Crippen molar-refractivity contribution in [1.82, 2.24) is 15.5 Å². The van der Waals surface area contributed by atoms with Crippen LogP contribution in [0.2, 0.25) is 0 Å². The molecule has 12 heavy (non-hydrogen) atoms. The van der Waals surface area contributed by atoms with E-state index in [1.54, 1.807) is 0 Å². The summed E-state index contributed by atoms with van der Waals surface area (Å²) in [6.45, 7) is 0. The number of imide groups is 1. The molecule has 5 amide bonds. The smallest absolute Gasteiger partial charge is 0.325 e. The molecule has 0 radical (unpaired) electrons. The van der Waals surface area contributed by atoms with Crippen LogP contribution in [0.3, 0.4) is 0 Å². The Morgan fingerprint density at radius 3 is 2.58 bits per heavy atom. The van der Waals surface area contributed by atoms with Crippen molar-refractivity contribution in [2.45, 2.75) is 6.17 Å². The van der Waals surface area contributed by atoms with Crippen molar-refractivity contribution in [3.05, 3.63) is 0 Å². The van der Waals surface area contributed by atoms with Gasteiger partial charge in [0.25, 0.3) is 5.91 Å². The van der Waals surface area contributed by atoms with Crippen molar-refractivity contribution < 1.29 is 14.4 Å². The number of urea groups is 2. The fourth-order valence-corrected chi connectivity index (χ4v) is 0.852. The van der Waals surface area contributed by atoms with Gasteiger partial charge in [-0.3, -0.25) is 15.0 Å². The molecular formula is C5H8N4O3. The number of carbonyl (C=O) groups excluding carboxylic acids is 3. The van der Waals surface area contributed by atoms with E-state index in [2.05, 4.69) is 5.32 Å². The lowest BCUT2D eigenvalue weighted by atomic mass is 10.4. The third kappa shape index (κ3) is 1.29. The summed E-state index contributed by atoms with van der Waals surface area (Å²) in [5.41, 5.74) is 4.77. The number of rotatable bonds is 1. The first-order chi connectivity index (χ1) is 5.52. The SMILES string of the molecule is CN1C(=O)NC(=O)C1NC(N)=O. The molecule has 0 spiro atoms. The summed E-state index contributed by atoms with van der Waals surface area (Å²) in [5.74, 6) is -0.582. The molecule has 0 saturated carbocycles. The Morgan fingerprint density at radius 2 is 2.25 bits per heavy atom. The van der Waals surface area contributed by atoms with E-state index < -0.39 is 24.1 Å². The van der Waals surface area contributed by atoms with Crippen LogP contribution >= 0.6 is 0 Å². The van der Waals surface area contributed by atoms with Gasteiger partial charge in [0.05, 0.1) is 0 Å². The second kappa shape index (κ2) is 2.68. The van der Waals surface area contributed by atoms with Crippen LogP contribution in [0.5, 0.6) is 0 Å². The minimum Gasteiger partial charge on any atom is -0.352 e. The summed E-state index contributed by atoms with van der Waals surface area (Å²) >= 11 is 0. The highest BCUT2D eigenvalue weighted by Gasteiger charge is 2.36. The molecule has 1 unspecified atom stereocenters. The van der Waals surface area contributed by atoms with Crippen molar-refractivity contribution in [3.63, 3.8) is 0 Å². The predicted molar refractivity (Wildman–Crippen MR) is 37.8 cm³/mol. The van der Waals surface area contributed by atoms with Crippen molar-refractivity contribution in [2.75, 3.05) is 7.05 Å². The summed E-state index contributed by atoms with van der Waals surface area (Å²) in [6, 6.07) is -1.41. The molecule has 1 aliphatic rings. The molecule has 7 nitrogen and oxygen atoms in total. The van der Waals surface area contributed by atoms with Crippen LogP contribution in [0.25, 0.3) is 0 Å². The Labute approximate surface area is 67.9 Å². The van der Waals surface area contributed by atoms with Gasteiger partial charge in [0.15, 0.2) is 6.17 Å². The van der Waals surface area contributed by atoms with Gasteiger partial charge in [0, 0.05) is 7.05 Å². The highest BCUT2D eigenvalue weighted by Crippen LogP contribution is 2.01. The molecule has 0 aromatic rings. The normalized spacial score (nSPS) is 22.4. The number of nitrogens with one attached hydrogen (secondary N) is 2. The van der Waals surface area contributed by atoms with Gasteiger partial charge in [-0.1, -0.05) is 0 Å². The van der Waals surface area contributed by atoms with E-state index in [0.29, 0.717) is 0 Å². The second-order valence-electron chi connectivity index (χ2n) is 2.32. The highest BCUT2D eigenvalue weighted by molar-refractivity contribution is 6.04. The minimum absolute atomic E-state index is 0.557. The Hall–Kier alpha value is -1.79. The van der Waals surface area contributed by atoms with Crippen LogP contribution in [-0.4, -0.2) is 36.1 Å². The van der Waals surface area contributed by atoms with Crippen LogP contribution in [0.15, 0.2) is 0 Å². The first-order valence-corrected chi connectivity index (χ1v) is 3.16. The van der Waals surface area contributed by atoms with Gasteiger partial charge < -0.3 is 11.1 Å². The van der Waals surface area contributed by atoms with Gasteiger partial charge in [0.1, 0.15) is 0 Å². The van der Waals surface area contributed by atoms with Gasteiger partial charge >= 0.3 is 12.1 Å². The van der Waals surface area contributed by atoms with Crippen molar-refractivity contribution in [1.29, 1.82) is 0 Å². The molecular weight excluding hydrogens is 164 g/mol. The van der Waals surface area contributed by atoms with Gasteiger partial charge in [-0.25, -0.2) is 9.59 Å².